The van der Waals surface area contributed by atoms with E-state index < -0.39 is 5.97 Å². The van der Waals surface area contributed by atoms with Crippen molar-refractivity contribution >= 4 is 5.97 Å². The number of pyridine rings is 1. The summed E-state index contributed by atoms with van der Waals surface area (Å²) in [5, 5.41) is 8.32. The Morgan fingerprint density at radius 1 is 1.50 bits per heavy atom. The largest absolute Gasteiger partial charge is 0.477 e. The van der Waals surface area contributed by atoms with Gasteiger partial charge in [-0.05, 0) is 12.1 Å². The first-order valence-electron chi connectivity index (χ1n) is 2.45. The first-order chi connectivity index (χ1) is 4.30. The molecule has 10 heavy (non-hydrogen) atoms. The number of carboxylic acids is 1. The molecule has 0 aliphatic heterocycles. The van der Waals surface area contributed by atoms with Crippen LogP contribution in [0.3, 0.4) is 0 Å². The smallest absolute Gasteiger partial charge is 0.354 e. The van der Waals surface area contributed by atoms with E-state index >= 15 is 0 Å². The maximum Gasteiger partial charge on any atom is 0.354 e. The van der Waals surface area contributed by atoms with Crippen molar-refractivity contribution in [2.75, 3.05) is 0 Å². The molecule has 1 heterocycles. The molecule has 0 unspecified atom stereocenters. The van der Waals surface area contributed by atoms with Gasteiger partial charge in [0.05, 0.1) is 0 Å². The van der Waals surface area contributed by atoms with Crippen LogP contribution in [-0.4, -0.2) is 16.1 Å². The van der Waals surface area contributed by atoms with Gasteiger partial charge >= 0.3 is 5.97 Å². The van der Waals surface area contributed by atoms with Gasteiger partial charge in [0.2, 0.25) is 0 Å². The minimum absolute atomic E-state index is 0. The van der Waals surface area contributed by atoms with Crippen LogP contribution in [-0.2, 0) is 0 Å². The molecule has 1 N–H and O–H groups in total. The molecule has 0 spiro atoms. The van der Waals surface area contributed by atoms with Gasteiger partial charge in [0.1, 0.15) is 5.69 Å². The van der Waals surface area contributed by atoms with Crippen molar-refractivity contribution in [2.24, 2.45) is 0 Å². The summed E-state index contributed by atoms with van der Waals surface area (Å²) >= 11 is 0. The van der Waals surface area contributed by atoms with Crippen LogP contribution in [0.15, 0.2) is 24.4 Å². The Kier molecular flexibility index (Phi) is 4.52. The second kappa shape index (κ2) is 4.60. The van der Waals surface area contributed by atoms with E-state index in [1.165, 1.54) is 12.3 Å². The number of carbonyl (C=O) groups is 1. The minimum Gasteiger partial charge on any atom is -0.477 e. The number of carboxylic acid groups (broad SMARTS) is 1. The Balaban J connectivity index is 0.000000810. The molecule has 0 aliphatic carbocycles. The molecule has 0 amide bonds. The quantitative estimate of drug-likeness (QED) is 0.813. The third-order valence-electron chi connectivity index (χ3n) is 0.884. The van der Waals surface area contributed by atoms with E-state index in [4.69, 9.17) is 5.11 Å². The van der Waals surface area contributed by atoms with E-state index in [1.807, 2.05) is 0 Å². The predicted octanol–water partition coefficient (Wildman–Crippen LogP) is 0.780. The molecule has 0 saturated carbocycles. The zero-order chi connectivity index (χ0) is 6.69. The summed E-state index contributed by atoms with van der Waals surface area (Å²) in [4.78, 5) is 13.7. The second-order valence-corrected chi connectivity index (χ2v) is 1.52. The molecular weight excluding hydrogens is 257 g/mol. The average Bonchev–Trinajstić information content (AvgIpc) is 1.90. The molecule has 1 aromatic rings. The van der Waals surface area contributed by atoms with Crippen molar-refractivity contribution < 1.29 is 45.5 Å². The van der Waals surface area contributed by atoms with E-state index in [1.54, 1.807) is 12.1 Å². The molecule has 1 aromatic heterocycles. The Labute approximate surface area is 86.1 Å². The molecule has 49 valence electrons. The van der Waals surface area contributed by atoms with Crippen LogP contribution >= 0.6 is 0 Å². The van der Waals surface area contributed by atoms with Gasteiger partial charge in [0.15, 0.2) is 0 Å². The molecule has 0 atom stereocenters. The van der Waals surface area contributed by atoms with Crippen molar-refractivity contribution in [3.8, 4) is 0 Å². The van der Waals surface area contributed by atoms with Crippen molar-refractivity contribution in [1.82, 2.24) is 4.98 Å². The summed E-state index contributed by atoms with van der Waals surface area (Å²) in [6.45, 7) is 0. The van der Waals surface area contributed by atoms with Gasteiger partial charge in [0, 0.05) is 41.8 Å². The molecule has 4 heteroatoms. The van der Waals surface area contributed by atoms with E-state index in [0.29, 0.717) is 0 Å². The number of nitrogens with zero attached hydrogens (tertiary/aromatic N) is 1. The van der Waals surface area contributed by atoms with Crippen LogP contribution in [0, 0.1) is 35.6 Å². The maximum atomic E-state index is 10.1. The topological polar surface area (TPSA) is 50.2 Å². The average molecular weight is 262 g/mol. The first-order valence-corrected chi connectivity index (χ1v) is 2.45. The molecule has 3 nitrogen and oxygen atoms in total. The fourth-order valence-corrected chi connectivity index (χ4v) is 0.489. The van der Waals surface area contributed by atoms with Crippen molar-refractivity contribution in [3.63, 3.8) is 0 Å². The molecule has 0 aliphatic rings. The Hall–Kier alpha value is -0.185. The number of hydrogen-bond acceptors (Lipinski definition) is 2. The van der Waals surface area contributed by atoms with Crippen molar-refractivity contribution in [3.05, 3.63) is 30.1 Å². The number of aromatic carboxylic acids is 1. The first kappa shape index (κ1) is 9.81. The standard InChI is InChI=1S/C6H5NO2.La/c8-6(9)5-3-1-2-4-7-5;/h1-4H,(H,8,9);. The maximum absolute atomic E-state index is 10.1. The number of rotatable bonds is 1. The van der Waals surface area contributed by atoms with Crippen LogP contribution in [0.1, 0.15) is 10.5 Å². The molecule has 1 radical (unpaired) electrons. The van der Waals surface area contributed by atoms with E-state index in [9.17, 15) is 4.79 Å². The number of aromatic nitrogens is 1. The molecular formula is C6H5LaNO2. The van der Waals surface area contributed by atoms with Gasteiger partial charge in [-0.3, -0.25) is 0 Å². The van der Waals surface area contributed by atoms with Gasteiger partial charge in [-0.15, -0.1) is 0 Å². The normalized spacial score (nSPS) is 8.00. The van der Waals surface area contributed by atoms with Crippen LogP contribution in [0.25, 0.3) is 0 Å². The molecule has 1 rings (SSSR count). The summed E-state index contributed by atoms with van der Waals surface area (Å²) < 4.78 is 0. The zero-order valence-electron chi connectivity index (χ0n) is 5.19. The monoisotopic (exact) mass is 262 g/mol. The Morgan fingerprint density at radius 2 is 2.20 bits per heavy atom. The van der Waals surface area contributed by atoms with E-state index in [0.717, 1.165) is 0 Å². The fraction of sp³-hybridized carbons (Fsp3) is 0. The fourth-order valence-electron chi connectivity index (χ4n) is 0.489. The summed E-state index contributed by atoms with van der Waals surface area (Å²) in [7, 11) is 0. The number of hydrogen-bond donors (Lipinski definition) is 1. The summed E-state index contributed by atoms with van der Waals surface area (Å²) in [5.74, 6) is -0.990. The Morgan fingerprint density at radius 3 is 2.50 bits per heavy atom. The van der Waals surface area contributed by atoms with Crippen molar-refractivity contribution in [1.29, 1.82) is 0 Å². The zero-order valence-corrected chi connectivity index (χ0v) is 8.82. The predicted molar refractivity (Wildman–Crippen MR) is 31.2 cm³/mol. The Bertz CT molecular complexity index is 212. The van der Waals surface area contributed by atoms with Gasteiger partial charge < -0.3 is 5.11 Å². The summed E-state index contributed by atoms with van der Waals surface area (Å²) in [5.41, 5.74) is 0.0810. The van der Waals surface area contributed by atoms with Crippen LogP contribution in [0.2, 0.25) is 0 Å². The third kappa shape index (κ3) is 2.60. The van der Waals surface area contributed by atoms with Crippen LogP contribution < -0.4 is 0 Å². The summed E-state index contributed by atoms with van der Waals surface area (Å²) in [6.07, 6.45) is 1.45. The van der Waals surface area contributed by atoms with Gasteiger partial charge in [-0.2, -0.15) is 0 Å². The van der Waals surface area contributed by atoms with Gasteiger partial charge in [0.25, 0.3) is 0 Å². The van der Waals surface area contributed by atoms with Gasteiger partial charge in [-0.25, -0.2) is 9.78 Å². The summed E-state index contributed by atoms with van der Waals surface area (Å²) in [6, 6.07) is 4.76. The molecule has 0 bridgehead atoms. The van der Waals surface area contributed by atoms with Crippen molar-refractivity contribution in [2.45, 2.75) is 0 Å². The third-order valence-corrected chi connectivity index (χ3v) is 0.884. The van der Waals surface area contributed by atoms with E-state index in [2.05, 4.69) is 4.98 Å². The van der Waals surface area contributed by atoms with Crippen LogP contribution in [0.4, 0.5) is 0 Å². The second-order valence-electron chi connectivity index (χ2n) is 1.52. The SMILES string of the molecule is O=C(O)c1ccccn1.[La]. The van der Waals surface area contributed by atoms with Crippen LogP contribution in [0.5, 0.6) is 0 Å². The molecule has 0 saturated heterocycles. The molecule has 0 aromatic carbocycles. The molecule has 0 fully saturated rings. The minimum atomic E-state index is -0.990. The van der Waals surface area contributed by atoms with Gasteiger partial charge in [-0.1, -0.05) is 6.07 Å². The van der Waals surface area contributed by atoms with E-state index in [-0.39, 0.29) is 41.3 Å².